The van der Waals surface area contributed by atoms with Gasteiger partial charge in [-0.1, -0.05) is 18.2 Å². The topological polar surface area (TPSA) is 16.1 Å². The molecule has 1 aliphatic heterocycles. The lowest BCUT2D eigenvalue weighted by atomic mass is 10.1. The summed E-state index contributed by atoms with van der Waals surface area (Å²) in [6.07, 6.45) is 3.00. The maximum atomic E-state index is 6.14. The Balaban J connectivity index is 1.90. The van der Waals surface area contributed by atoms with Crippen molar-refractivity contribution in [3.63, 3.8) is 0 Å². The van der Waals surface area contributed by atoms with Gasteiger partial charge in [0.2, 0.25) is 0 Å². The lowest BCUT2D eigenvalue weighted by Crippen LogP contribution is -2.20. The van der Waals surface area contributed by atoms with Crippen LogP contribution < -0.4 is 0 Å². The predicted molar refractivity (Wildman–Crippen MR) is 71.3 cm³/mol. The zero-order valence-electron chi connectivity index (χ0n) is 9.64. The van der Waals surface area contributed by atoms with Gasteiger partial charge in [0.1, 0.15) is 0 Å². The van der Waals surface area contributed by atoms with Gasteiger partial charge in [0, 0.05) is 30.0 Å². The molecular formula is C14H15ClN2. The number of likely N-dealkylation sites (tertiary alicyclic amines) is 1. The van der Waals surface area contributed by atoms with Crippen LogP contribution in [0.5, 0.6) is 0 Å². The Kier molecular flexibility index (Phi) is 3.00. The molecule has 1 aliphatic rings. The summed E-state index contributed by atoms with van der Waals surface area (Å²) < 4.78 is 0. The van der Waals surface area contributed by atoms with E-state index in [9.17, 15) is 0 Å². The van der Waals surface area contributed by atoms with Crippen LogP contribution in [0.2, 0.25) is 0 Å². The highest BCUT2D eigenvalue weighted by molar-refractivity contribution is 6.20. The van der Waals surface area contributed by atoms with Crippen molar-refractivity contribution in [2.24, 2.45) is 0 Å². The molecule has 3 heteroatoms. The third kappa shape index (κ3) is 2.28. The zero-order valence-corrected chi connectivity index (χ0v) is 10.4. The summed E-state index contributed by atoms with van der Waals surface area (Å²) in [5.74, 6) is 0. The van der Waals surface area contributed by atoms with E-state index in [1.807, 2.05) is 12.3 Å². The van der Waals surface area contributed by atoms with E-state index in [0.717, 1.165) is 31.6 Å². The van der Waals surface area contributed by atoms with Gasteiger partial charge in [0.15, 0.2) is 0 Å². The molecule has 0 aliphatic carbocycles. The van der Waals surface area contributed by atoms with Crippen LogP contribution in [0.3, 0.4) is 0 Å². The molecular weight excluding hydrogens is 232 g/mol. The number of hydrogen-bond donors (Lipinski definition) is 0. The van der Waals surface area contributed by atoms with E-state index in [1.54, 1.807) is 0 Å². The lowest BCUT2D eigenvalue weighted by Gasteiger charge is -2.16. The van der Waals surface area contributed by atoms with Gasteiger partial charge >= 0.3 is 0 Å². The normalized spacial score (nSPS) is 21.1. The largest absolute Gasteiger partial charge is 0.298 e. The average molecular weight is 247 g/mol. The maximum absolute atomic E-state index is 6.14. The van der Waals surface area contributed by atoms with Gasteiger partial charge in [0.25, 0.3) is 0 Å². The molecule has 2 nitrogen and oxygen atoms in total. The molecule has 1 aromatic heterocycles. The molecule has 1 unspecified atom stereocenters. The van der Waals surface area contributed by atoms with Gasteiger partial charge in [-0.3, -0.25) is 9.88 Å². The monoisotopic (exact) mass is 246 g/mol. The number of halogens is 1. The van der Waals surface area contributed by atoms with Crippen molar-refractivity contribution >= 4 is 22.5 Å². The first-order valence-electron chi connectivity index (χ1n) is 6.02. The number of benzene rings is 1. The van der Waals surface area contributed by atoms with Crippen LogP contribution >= 0.6 is 11.6 Å². The Morgan fingerprint density at radius 1 is 1.29 bits per heavy atom. The highest BCUT2D eigenvalue weighted by Crippen LogP contribution is 2.21. The van der Waals surface area contributed by atoms with E-state index in [4.69, 9.17) is 11.6 Å². The van der Waals surface area contributed by atoms with Gasteiger partial charge in [0.05, 0.1) is 5.52 Å². The molecule has 1 aromatic carbocycles. The summed E-state index contributed by atoms with van der Waals surface area (Å²) in [4.78, 5) is 6.80. The van der Waals surface area contributed by atoms with Crippen molar-refractivity contribution in [1.29, 1.82) is 0 Å². The molecule has 1 atom stereocenters. The lowest BCUT2D eigenvalue weighted by molar-refractivity contribution is 0.333. The summed E-state index contributed by atoms with van der Waals surface area (Å²) in [6, 6.07) is 10.4. The summed E-state index contributed by atoms with van der Waals surface area (Å²) in [5.41, 5.74) is 2.42. The quantitative estimate of drug-likeness (QED) is 0.758. The molecule has 0 N–H and O–H groups in total. The third-order valence-corrected chi connectivity index (χ3v) is 3.70. The van der Waals surface area contributed by atoms with Crippen molar-refractivity contribution in [3.8, 4) is 0 Å². The number of para-hydroxylation sites is 1. The minimum atomic E-state index is 0.322. The molecule has 0 radical (unpaired) electrons. The van der Waals surface area contributed by atoms with Crippen LogP contribution in [0.15, 0.2) is 36.5 Å². The molecule has 17 heavy (non-hydrogen) atoms. The maximum Gasteiger partial charge on any atom is 0.0705 e. The van der Waals surface area contributed by atoms with Crippen molar-refractivity contribution in [2.45, 2.75) is 18.3 Å². The Bertz CT molecular complexity index is 521. The molecule has 0 saturated carbocycles. The first-order chi connectivity index (χ1) is 8.33. The summed E-state index contributed by atoms with van der Waals surface area (Å²) in [7, 11) is 0. The van der Waals surface area contributed by atoms with Gasteiger partial charge in [-0.25, -0.2) is 0 Å². The molecule has 88 valence electrons. The Hall–Kier alpha value is -1.12. The van der Waals surface area contributed by atoms with Gasteiger partial charge in [-0.15, -0.1) is 11.6 Å². The van der Waals surface area contributed by atoms with Crippen molar-refractivity contribution in [2.75, 3.05) is 13.1 Å². The van der Waals surface area contributed by atoms with Crippen molar-refractivity contribution in [3.05, 3.63) is 42.1 Å². The van der Waals surface area contributed by atoms with E-state index < -0.39 is 0 Å². The molecule has 2 aromatic rings. The SMILES string of the molecule is ClC1CCN(Cc2ccnc3ccccc23)C1. The van der Waals surface area contributed by atoms with Crippen LogP contribution in [0.4, 0.5) is 0 Å². The van der Waals surface area contributed by atoms with E-state index >= 15 is 0 Å². The first kappa shape index (κ1) is 11.0. The number of hydrogen-bond acceptors (Lipinski definition) is 2. The van der Waals surface area contributed by atoms with E-state index in [2.05, 4.69) is 34.1 Å². The number of rotatable bonds is 2. The summed E-state index contributed by atoms with van der Waals surface area (Å²) in [5, 5.41) is 1.58. The standard InChI is InChI=1S/C14H15ClN2/c15-12-6-8-17(10-12)9-11-5-7-16-14-4-2-1-3-13(11)14/h1-5,7,12H,6,8-10H2. The molecule has 0 bridgehead atoms. The summed E-state index contributed by atoms with van der Waals surface area (Å²) >= 11 is 6.14. The van der Waals surface area contributed by atoms with Gasteiger partial charge < -0.3 is 0 Å². The predicted octanol–water partition coefficient (Wildman–Crippen LogP) is 3.05. The number of fused-ring (bicyclic) bond motifs is 1. The zero-order chi connectivity index (χ0) is 11.7. The van der Waals surface area contributed by atoms with Crippen LogP contribution in [-0.4, -0.2) is 28.4 Å². The fourth-order valence-electron chi connectivity index (χ4n) is 2.46. The molecule has 1 saturated heterocycles. The molecule has 2 heterocycles. The Morgan fingerprint density at radius 2 is 2.18 bits per heavy atom. The van der Waals surface area contributed by atoms with Crippen LogP contribution in [0, 0.1) is 0 Å². The highest BCUT2D eigenvalue weighted by atomic mass is 35.5. The molecule has 3 rings (SSSR count). The molecule has 0 spiro atoms. The van der Waals surface area contributed by atoms with Gasteiger partial charge in [-0.05, 0) is 30.7 Å². The second kappa shape index (κ2) is 4.63. The number of aromatic nitrogens is 1. The third-order valence-electron chi connectivity index (χ3n) is 3.35. The van der Waals surface area contributed by atoms with E-state index in [0.29, 0.717) is 5.38 Å². The number of nitrogens with zero attached hydrogens (tertiary/aromatic N) is 2. The second-order valence-corrected chi connectivity index (χ2v) is 5.23. The Labute approximate surface area is 106 Å². The highest BCUT2D eigenvalue weighted by Gasteiger charge is 2.20. The average Bonchev–Trinajstić information content (AvgIpc) is 2.75. The fourth-order valence-corrected chi connectivity index (χ4v) is 2.76. The molecule has 0 amide bonds. The van der Waals surface area contributed by atoms with Crippen LogP contribution in [0.25, 0.3) is 10.9 Å². The van der Waals surface area contributed by atoms with E-state index in [1.165, 1.54) is 10.9 Å². The number of alkyl halides is 1. The Morgan fingerprint density at radius 3 is 3.00 bits per heavy atom. The first-order valence-corrected chi connectivity index (χ1v) is 6.45. The minimum Gasteiger partial charge on any atom is -0.298 e. The van der Waals surface area contributed by atoms with E-state index in [-0.39, 0.29) is 0 Å². The van der Waals surface area contributed by atoms with Crippen LogP contribution in [0.1, 0.15) is 12.0 Å². The van der Waals surface area contributed by atoms with Gasteiger partial charge in [-0.2, -0.15) is 0 Å². The van der Waals surface area contributed by atoms with Crippen LogP contribution in [-0.2, 0) is 6.54 Å². The minimum absolute atomic E-state index is 0.322. The van der Waals surface area contributed by atoms with Crippen molar-refractivity contribution in [1.82, 2.24) is 9.88 Å². The fraction of sp³-hybridized carbons (Fsp3) is 0.357. The molecule has 1 fully saturated rings. The smallest absolute Gasteiger partial charge is 0.0705 e. The van der Waals surface area contributed by atoms with Crippen molar-refractivity contribution < 1.29 is 0 Å². The number of pyridine rings is 1. The summed E-state index contributed by atoms with van der Waals surface area (Å²) in [6.45, 7) is 3.08. The second-order valence-electron chi connectivity index (χ2n) is 4.61.